The lowest BCUT2D eigenvalue weighted by molar-refractivity contribution is -0.127. The molecule has 1 aromatic rings. The fourth-order valence-electron chi connectivity index (χ4n) is 2.57. The second kappa shape index (κ2) is 7.87. The van der Waals surface area contributed by atoms with Crippen molar-refractivity contribution in [3.8, 4) is 5.75 Å². The number of carbonyl (C=O) groups excluding carboxylic acids is 1. The van der Waals surface area contributed by atoms with Crippen LogP contribution in [0.3, 0.4) is 0 Å². The molecule has 1 N–H and O–H groups in total. The number of carbonyl (C=O) groups is 1. The lowest BCUT2D eigenvalue weighted by Gasteiger charge is -2.16. The minimum Gasteiger partial charge on any atom is -0.481 e. The van der Waals surface area contributed by atoms with Crippen LogP contribution >= 0.6 is 0 Å². The summed E-state index contributed by atoms with van der Waals surface area (Å²) in [5.74, 6) is 0.695. The molecule has 0 unspecified atom stereocenters. The molecule has 21 heavy (non-hydrogen) atoms. The number of nitrogens with one attached hydrogen (secondary N) is 1. The molecule has 0 saturated carbocycles. The molecule has 0 bridgehead atoms. The number of benzene rings is 1. The third-order valence-corrected chi connectivity index (χ3v) is 3.80. The molecule has 3 heteroatoms. The number of ether oxygens (including phenoxy) is 1. The van der Waals surface area contributed by atoms with E-state index in [1.54, 1.807) is 6.92 Å². The van der Waals surface area contributed by atoms with Crippen molar-refractivity contribution in [2.45, 2.75) is 52.1 Å². The Bertz CT molecular complexity index is 508. The van der Waals surface area contributed by atoms with Crippen LogP contribution in [0.1, 0.15) is 44.6 Å². The molecule has 1 aliphatic rings. The Morgan fingerprint density at radius 1 is 1.38 bits per heavy atom. The van der Waals surface area contributed by atoms with Gasteiger partial charge in [-0.1, -0.05) is 23.8 Å². The van der Waals surface area contributed by atoms with Crippen LogP contribution in [0, 0.1) is 6.92 Å². The van der Waals surface area contributed by atoms with Crippen molar-refractivity contribution >= 4 is 5.91 Å². The van der Waals surface area contributed by atoms with E-state index < -0.39 is 6.10 Å². The molecule has 0 spiro atoms. The Labute approximate surface area is 127 Å². The molecule has 0 aliphatic heterocycles. The van der Waals surface area contributed by atoms with E-state index in [2.05, 4.69) is 11.4 Å². The maximum atomic E-state index is 12.0. The van der Waals surface area contributed by atoms with Gasteiger partial charge in [-0.25, -0.2) is 0 Å². The normalized spacial score (nSPS) is 16.0. The number of aryl methyl sites for hydroxylation is 1. The van der Waals surface area contributed by atoms with E-state index in [9.17, 15) is 4.79 Å². The molecule has 1 aromatic carbocycles. The quantitative estimate of drug-likeness (QED) is 0.809. The van der Waals surface area contributed by atoms with Gasteiger partial charge in [-0.3, -0.25) is 4.79 Å². The smallest absolute Gasteiger partial charge is 0.260 e. The monoisotopic (exact) mass is 287 g/mol. The van der Waals surface area contributed by atoms with Crippen molar-refractivity contribution in [3.63, 3.8) is 0 Å². The van der Waals surface area contributed by atoms with Crippen LogP contribution in [0.2, 0.25) is 0 Å². The van der Waals surface area contributed by atoms with Gasteiger partial charge >= 0.3 is 0 Å². The predicted octanol–water partition coefficient (Wildman–Crippen LogP) is 3.77. The highest BCUT2D eigenvalue weighted by Crippen LogP contribution is 2.19. The van der Waals surface area contributed by atoms with Crippen LogP contribution in [0.15, 0.2) is 35.9 Å². The van der Waals surface area contributed by atoms with Gasteiger partial charge in [0.25, 0.3) is 5.91 Å². The summed E-state index contributed by atoms with van der Waals surface area (Å²) in [4.78, 5) is 12.0. The number of hydrogen-bond donors (Lipinski definition) is 1. The van der Waals surface area contributed by atoms with Crippen molar-refractivity contribution in [2.24, 2.45) is 0 Å². The Hall–Kier alpha value is -1.77. The molecular weight excluding hydrogens is 262 g/mol. The Morgan fingerprint density at radius 2 is 2.24 bits per heavy atom. The van der Waals surface area contributed by atoms with Gasteiger partial charge in [0, 0.05) is 6.54 Å². The number of hydrogen-bond acceptors (Lipinski definition) is 2. The zero-order chi connectivity index (χ0) is 15.1. The molecule has 114 valence electrons. The third-order valence-electron chi connectivity index (χ3n) is 3.80. The van der Waals surface area contributed by atoms with E-state index in [1.807, 2.05) is 31.2 Å². The van der Waals surface area contributed by atoms with Crippen LogP contribution in [0.4, 0.5) is 0 Å². The average Bonchev–Trinajstić information content (AvgIpc) is 2.48. The first-order chi connectivity index (χ1) is 10.1. The Morgan fingerprint density at radius 3 is 2.95 bits per heavy atom. The summed E-state index contributed by atoms with van der Waals surface area (Å²) < 4.78 is 5.67. The highest BCUT2D eigenvalue weighted by molar-refractivity contribution is 5.80. The summed E-state index contributed by atoms with van der Waals surface area (Å²) in [5.41, 5.74) is 2.61. The Balaban J connectivity index is 1.73. The molecule has 1 atom stereocenters. The number of allylic oxidation sites excluding steroid dienone is 1. The summed E-state index contributed by atoms with van der Waals surface area (Å²) in [7, 11) is 0. The van der Waals surface area contributed by atoms with Crippen LogP contribution in [0.5, 0.6) is 5.75 Å². The van der Waals surface area contributed by atoms with Gasteiger partial charge in [0.05, 0.1) is 0 Å². The van der Waals surface area contributed by atoms with Gasteiger partial charge in [0.2, 0.25) is 0 Å². The fourth-order valence-corrected chi connectivity index (χ4v) is 2.57. The maximum Gasteiger partial charge on any atom is 0.260 e. The van der Waals surface area contributed by atoms with Crippen molar-refractivity contribution in [2.75, 3.05) is 6.54 Å². The molecule has 1 amide bonds. The number of rotatable bonds is 6. The van der Waals surface area contributed by atoms with Gasteiger partial charge < -0.3 is 10.1 Å². The van der Waals surface area contributed by atoms with Crippen molar-refractivity contribution in [1.82, 2.24) is 5.32 Å². The molecule has 0 fully saturated rings. The summed E-state index contributed by atoms with van der Waals surface area (Å²) in [5, 5.41) is 2.96. The fraction of sp³-hybridized carbons (Fsp3) is 0.500. The average molecular weight is 287 g/mol. The van der Waals surface area contributed by atoms with Gasteiger partial charge in [0.15, 0.2) is 6.10 Å². The molecule has 1 aliphatic carbocycles. The van der Waals surface area contributed by atoms with Gasteiger partial charge in [-0.2, -0.15) is 0 Å². The van der Waals surface area contributed by atoms with Crippen molar-refractivity contribution < 1.29 is 9.53 Å². The van der Waals surface area contributed by atoms with E-state index in [0.717, 1.165) is 17.7 Å². The first-order valence-electron chi connectivity index (χ1n) is 7.84. The highest BCUT2D eigenvalue weighted by Gasteiger charge is 2.14. The molecule has 0 heterocycles. The van der Waals surface area contributed by atoms with Crippen LogP contribution in [-0.2, 0) is 4.79 Å². The minimum absolute atomic E-state index is 0.0482. The lowest BCUT2D eigenvalue weighted by Crippen LogP contribution is -2.37. The van der Waals surface area contributed by atoms with Crippen molar-refractivity contribution in [1.29, 1.82) is 0 Å². The van der Waals surface area contributed by atoms with E-state index in [-0.39, 0.29) is 5.91 Å². The molecule has 2 rings (SSSR count). The maximum absolute atomic E-state index is 12.0. The zero-order valence-corrected chi connectivity index (χ0v) is 13.0. The van der Waals surface area contributed by atoms with E-state index in [0.29, 0.717) is 6.54 Å². The number of amides is 1. The first-order valence-corrected chi connectivity index (χ1v) is 7.84. The predicted molar refractivity (Wildman–Crippen MR) is 85.4 cm³/mol. The first kappa shape index (κ1) is 15.6. The van der Waals surface area contributed by atoms with Gasteiger partial charge in [0.1, 0.15) is 5.75 Å². The van der Waals surface area contributed by atoms with E-state index in [1.165, 1.54) is 31.3 Å². The van der Waals surface area contributed by atoms with Crippen LogP contribution < -0.4 is 10.1 Å². The SMILES string of the molecule is Cc1cccc(O[C@@H](C)C(=O)NCCC2=CCCCC2)c1. The standard InChI is InChI=1S/C18H25NO2/c1-14-7-6-10-17(13-14)21-15(2)18(20)19-12-11-16-8-4-3-5-9-16/h6-8,10,13,15H,3-5,9,11-12H2,1-2H3,(H,19,20)/t15-/m0/s1. The topological polar surface area (TPSA) is 38.3 Å². The molecule has 0 saturated heterocycles. The summed E-state index contributed by atoms with van der Waals surface area (Å²) in [6, 6.07) is 7.76. The zero-order valence-electron chi connectivity index (χ0n) is 13.0. The van der Waals surface area contributed by atoms with E-state index >= 15 is 0 Å². The summed E-state index contributed by atoms with van der Waals surface area (Å²) in [6.07, 6.45) is 7.78. The third kappa shape index (κ3) is 5.25. The van der Waals surface area contributed by atoms with Crippen LogP contribution in [-0.4, -0.2) is 18.6 Å². The molecule has 0 aromatic heterocycles. The minimum atomic E-state index is -0.466. The second-order valence-electron chi connectivity index (χ2n) is 5.73. The van der Waals surface area contributed by atoms with Crippen molar-refractivity contribution in [3.05, 3.63) is 41.5 Å². The van der Waals surface area contributed by atoms with Crippen LogP contribution in [0.25, 0.3) is 0 Å². The van der Waals surface area contributed by atoms with Gasteiger partial charge in [-0.15, -0.1) is 0 Å². The molecular formula is C18H25NO2. The van der Waals surface area contributed by atoms with Gasteiger partial charge in [-0.05, 0) is 63.6 Å². The highest BCUT2D eigenvalue weighted by atomic mass is 16.5. The van der Waals surface area contributed by atoms with E-state index in [4.69, 9.17) is 4.74 Å². The Kier molecular flexibility index (Phi) is 5.85. The second-order valence-corrected chi connectivity index (χ2v) is 5.73. The molecule has 3 nitrogen and oxygen atoms in total. The lowest BCUT2D eigenvalue weighted by atomic mass is 9.97. The summed E-state index contributed by atoms with van der Waals surface area (Å²) >= 11 is 0. The largest absolute Gasteiger partial charge is 0.481 e. The summed E-state index contributed by atoms with van der Waals surface area (Å²) in [6.45, 7) is 4.50. The molecule has 0 radical (unpaired) electrons.